The molecule has 1 saturated carbocycles. The molecule has 3 rings (SSSR count). The van der Waals surface area contributed by atoms with Crippen molar-refractivity contribution >= 4 is 29.2 Å². The number of aliphatic carboxylic acids is 1. The molecule has 6 nitrogen and oxygen atoms in total. The van der Waals surface area contributed by atoms with E-state index < -0.39 is 30.4 Å². The Kier molecular flexibility index (Phi) is 9.19. The van der Waals surface area contributed by atoms with Crippen LogP contribution in [0.2, 0.25) is 5.02 Å². The summed E-state index contributed by atoms with van der Waals surface area (Å²) in [6, 6.07) is 4.21. The molecule has 0 aliphatic heterocycles. The van der Waals surface area contributed by atoms with Crippen LogP contribution in [0.5, 0.6) is 0 Å². The Morgan fingerprint density at radius 2 is 2.09 bits per heavy atom. The van der Waals surface area contributed by atoms with Crippen LogP contribution in [0.3, 0.4) is 0 Å². The molecule has 2 aromatic rings. The summed E-state index contributed by atoms with van der Waals surface area (Å²) in [6.07, 6.45) is 3.00. The summed E-state index contributed by atoms with van der Waals surface area (Å²) < 4.78 is 19.4. The number of methoxy groups -OCH3 is 1. The number of carbonyl (C=O) groups is 1. The first-order chi connectivity index (χ1) is 16.7. The van der Waals surface area contributed by atoms with Gasteiger partial charge in [-0.1, -0.05) is 37.3 Å². The fraction of sp³-hybridized carbons (Fsp3) is 0.407. The minimum absolute atomic E-state index is 0.128. The van der Waals surface area contributed by atoms with E-state index in [0.717, 1.165) is 46.5 Å². The lowest BCUT2D eigenvalue weighted by Crippen LogP contribution is -2.19. The van der Waals surface area contributed by atoms with Crippen molar-refractivity contribution in [2.45, 2.75) is 63.8 Å². The number of ether oxygens (including phenoxy) is 1. The number of nitrogens with zero attached hydrogens (tertiary/aromatic N) is 1. The van der Waals surface area contributed by atoms with Crippen molar-refractivity contribution in [2.24, 2.45) is 0 Å². The lowest BCUT2D eigenvalue weighted by molar-refractivity contribution is -0.139. The summed E-state index contributed by atoms with van der Waals surface area (Å²) in [6.45, 7) is 6.41. The molecule has 1 aliphatic rings. The Hall–Kier alpha value is -2.58. The molecule has 0 radical (unpaired) electrons. The largest absolute Gasteiger partial charge is 0.481 e. The average Bonchev–Trinajstić information content (AvgIpc) is 3.62. The van der Waals surface area contributed by atoms with Crippen LogP contribution in [0.1, 0.15) is 67.5 Å². The van der Waals surface area contributed by atoms with Crippen molar-refractivity contribution in [2.75, 3.05) is 7.11 Å². The van der Waals surface area contributed by atoms with E-state index in [9.17, 15) is 19.4 Å². The molecule has 188 valence electrons. The summed E-state index contributed by atoms with van der Waals surface area (Å²) in [4.78, 5) is 15.8. The number of carboxylic acids is 1. The van der Waals surface area contributed by atoms with E-state index in [1.165, 1.54) is 18.2 Å². The molecule has 0 amide bonds. The molecule has 2 unspecified atom stereocenters. The van der Waals surface area contributed by atoms with Gasteiger partial charge in [-0.25, -0.2) is 4.39 Å². The number of aliphatic hydroxyl groups excluding tert-OH is 2. The number of aromatic nitrogens is 1. The van der Waals surface area contributed by atoms with Gasteiger partial charge in [-0.15, -0.1) is 0 Å². The van der Waals surface area contributed by atoms with Gasteiger partial charge in [0.05, 0.1) is 41.6 Å². The lowest BCUT2D eigenvalue weighted by Gasteiger charge is -2.22. The normalized spacial score (nSPS) is 15.4. The number of rotatable bonds is 12. The van der Waals surface area contributed by atoms with E-state index in [0.29, 0.717) is 12.0 Å². The van der Waals surface area contributed by atoms with Gasteiger partial charge >= 0.3 is 5.97 Å². The highest BCUT2D eigenvalue weighted by Gasteiger charge is 2.32. The number of halogens is 2. The molecule has 3 N–H and O–H groups in total. The second-order valence-electron chi connectivity index (χ2n) is 8.82. The van der Waals surface area contributed by atoms with Gasteiger partial charge in [-0.05, 0) is 48.6 Å². The van der Waals surface area contributed by atoms with Crippen molar-refractivity contribution in [3.05, 3.63) is 64.2 Å². The molecule has 2 atom stereocenters. The van der Waals surface area contributed by atoms with Crippen LogP contribution in [0.4, 0.5) is 4.39 Å². The third kappa shape index (κ3) is 6.76. The quantitative estimate of drug-likeness (QED) is 0.349. The number of aliphatic hydroxyl groups is 2. The molecule has 1 aromatic heterocycles. The summed E-state index contributed by atoms with van der Waals surface area (Å²) in [5.74, 6) is -1.37. The Bertz CT molecular complexity index is 1130. The minimum Gasteiger partial charge on any atom is -0.481 e. The molecule has 0 saturated heterocycles. The Morgan fingerprint density at radius 1 is 1.37 bits per heavy atom. The smallest absolute Gasteiger partial charge is 0.305 e. The SMILES string of the molecule is C=C(CC)c1nc(C2CC2)c(/C=C/C(O)CC(O)CC(=O)O)c(-c2ccc(F)cc2Cl)c1COC. The van der Waals surface area contributed by atoms with E-state index in [4.69, 9.17) is 26.4 Å². The second kappa shape index (κ2) is 11.9. The van der Waals surface area contributed by atoms with Crippen LogP contribution >= 0.6 is 11.6 Å². The van der Waals surface area contributed by atoms with E-state index in [2.05, 4.69) is 6.58 Å². The summed E-state index contributed by atoms with van der Waals surface area (Å²) in [5.41, 5.74) is 5.22. The van der Waals surface area contributed by atoms with E-state index in [-0.39, 0.29) is 24.0 Å². The van der Waals surface area contributed by atoms with Crippen LogP contribution in [-0.2, 0) is 16.1 Å². The molecule has 8 heteroatoms. The fourth-order valence-electron chi connectivity index (χ4n) is 4.09. The van der Waals surface area contributed by atoms with Crippen molar-refractivity contribution in [1.29, 1.82) is 0 Å². The van der Waals surface area contributed by atoms with Gasteiger partial charge in [0.15, 0.2) is 0 Å². The van der Waals surface area contributed by atoms with Crippen LogP contribution in [0.25, 0.3) is 22.8 Å². The number of pyridine rings is 1. The zero-order valence-corrected chi connectivity index (χ0v) is 20.7. The lowest BCUT2D eigenvalue weighted by atomic mass is 9.88. The van der Waals surface area contributed by atoms with E-state index in [1.807, 2.05) is 6.92 Å². The van der Waals surface area contributed by atoms with Gasteiger partial charge < -0.3 is 20.1 Å². The van der Waals surface area contributed by atoms with Gasteiger partial charge in [0, 0.05) is 36.1 Å². The monoisotopic (exact) mass is 503 g/mol. The molecule has 1 heterocycles. The molecule has 0 spiro atoms. The summed E-state index contributed by atoms with van der Waals surface area (Å²) in [7, 11) is 1.58. The first-order valence-corrected chi connectivity index (χ1v) is 12.0. The minimum atomic E-state index is -1.18. The Labute approximate surface area is 209 Å². The number of hydrogen-bond donors (Lipinski definition) is 3. The predicted molar refractivity (Wildman–Crippen MR) is 135 cm³/mol. The van der Waals surface area contributed by atoms with Crippen molar-refractivity contribution in [3.63, 3.8) is 0 Å². The maximum Gasteiger partial charge on any atom is 0.305 e. The first-order valence-electron chi connectivity index (χ1n) is 11.6. The van der Waals surface area contributed by atoms with Gasteiger partial charge in [-0.2, -0.15) is 0 Å². The van der Waals surface area contributed by atoms with E-state index >= 15 is 0 Å². The number of allylic oxidation sites excluding steroid dienone is 1. The highest BCUT2D eigenvalue weighted by atomic mass is 35.5. The second-order valence-corrected chi connectivity index (χ2v) is 9.22. The Balaban J connectivity index is 2.21. The first kappa shape index (κ1) is 27.0. The number of hydrogen-bond acceptors (Lipinski definition) is 5. The van der Waals surface area contributed by atoms with Crippen molar-refractivity contribution < 1.29 is 29.2 Å². The van der Waals surface area contributed by atoms with Crippen molar-refractivity contribution in [3.8, 4) is 11.1 Å². The van der Waals surface area contributed by atoms with Crippen LogP contribution in [0, 0.1) is 5.82 Å². The van der Waals surface area contributed by atoms with Gasteiger partial charge in [-0.3, -0.25) is 9.78 Å². The zero-order chi connectivity index (χ0) is 25.7. The summed E-state index contributed by atoms with van der Waals surface area (Å²) in [5, 5.41) is 29.5. The topological polar surface area (TPSA) is 99.9 Å². The van der Waals surface area contributed by atoms with Crippen LogP contribution in [0.15, 0.2) is 30.9 Å². The molecule has 0 bridgehead atoms. The summed E-state index contributed by atoms with van der Waals surface area (Å²) >= 11 is 6.52. The fourth-order valence-corrected chi connectivity index (χ4v) is 4.35. The highest BCUT2D eigenvalue weighted by Crippen LogP contribution is 2.47. The van der Waals surface area contributed by atoms with Gasteiger partial charge in [0.25, 0.3) is 0 Å². The molecular formula is C27H31ClFNO5. The van der Waals surface area contributed by atoms with E-state index in [1.54, 1.807) is 19.3 Å². The average molecular weight is 504 g/mol. The third-order valence-electron chi connectivity index (χ3n) is 5.99. The van der Waals surface area contributed by atoms with Crippen molar-refractivity contribution in [1.82, 2.24) is 4.98 Å². The molecule has 1 aliphatic carbocycles. The van der Waals surface area contributed by atoms with Gasteiger partial charge in [0.1, 0.15) is 5.82 Å². The number of carboxylic acid groups (broad SMARTS) is 1. The van der Waals surface area contributed by atoms with Crippen LogP contribution < -0.4 is 0 Å². The molecular weight excluding hydrogens is 473 g/mol. The van der Waals surface area contributed by atoms with Gasteiger partial charge in [0.2, 0.25) is 0 Å². The molecule has 1 aromatic carbocycles. The number of benzene rings is 1. The molecule has 35 heavy (non-hydrogen) atoms. The predicted octanol–water partition coefficient (Wildman–Crippen LogP) is 5.59. The standard InChI is InChI=1S/C27H31ClFNO5/c1-4-15(2)26-22(14-35-3)25(20-9-7-17(29)11-23(20)28)21(27(30-26)16-5-6-16)10-8-18(31)12-19(32)13-24(33)34/h7-11,16,18-19,31-32H,2,4-6,12-14H2,1,3H3,(H,33,34)/b10-8+. The zero-order valence-electron chi connectivity index (χ0n) is 19.9. The third-order valence-corrected chi connectivity index (χ3v) is 6.30. The van der Waals surface area contributed by atoms with Crippen LogP contribution in [-0.4, -0.2) is 45.6 Å². The Morgan fingerprint density at radius 3 is 2.66 bits per heavy atom. The maximum absolute atomic E-state index is 13.9. The maximum atomic E-state index is 13.9. The highest BCUT2D eigenvalue weighted by molar-refractivity contribution is 6.33. The molecule has 1 fully saturated rings.